The van der Waals surface area contributed by atoms with Crippen molar-refractivity contribution in [1.29, 1.82) is 0 Å². The molecule has 0 saturated carbocycles. The molecule has 0 unspecified atom stereocenters. The molecule has 0 bridgehead atoms. The third kappa shape index (κ3) is 5.92. The van der Waals surface area contributed by atoms with E-state index in [9.17, 15) is 9.59 Å². The SMILES string of the molecule is CC(=O)N[C@@H](CCCCNC(=O)OCC1c2ccccc2-c2ccccc21)c1nnc(-c2ccccc2)s1. The van der Waals surface area contributed by atoms with Crippen LogP contribution in [0, 0.1) is 0 Å². The van der Waals surface area contributed by atoms with Crippen LogP contribution >= 0.6 is 11.3 Å². The number of benzene rings is 3. The summed E-state index contributed by atoms with van der Waals surface area (Å²) >= 11 is 1.49. The zero-order valence-corrected chi connectivity index (χ0v) is 22.0. The molecule has 1 aliphatic carbocycles. The number of alkyl carbamates (subject to hydrolysis) is 1. The molecular weight excluding hydrogens is 496 g/mol. The lowest BCUT2D eigenvalue weighted by molar-refractivity contribution is -0.119. The predicted molar refractivity (Wildman–Crippen MR) is 149 cm³/mol. The summed E-state index contributed by atoms with van der Waals surface area (Å²) in [7, 11) is 0. The molecule has 0 fully saturated rings. The molecular formula is C30H30N4O3S. The topological polar surface area (TPSA) is 93.2 Å². The number of unbranched alkanes of at least 4 members (excludes halogenated alkanes) is 1. The van der Waals surface area contributed by atoms with Crippen LogP contribution in [0.25, 0.3) is 21.7 Å². The second kappa shape index (κ2) is 12.0. The van der Waals surface area contributed by atoms with Gasteiger partial charge in [0.25, 0.3) is 0 Å². The van der Waals surface area contributed by atoms with Gasteiger partial charge in [-0.3, -0.25) is 4.79 Å². The van der Waals surface area contributed by atoms with E-state index in [0.29, 0.717) is 19.6 Å². The summed E-state index contributed by atoms with van der Waals surface area (Å²) in [6.07, 6.45) is 1.84. The fourth-order valence-corrected chi connectivity index (χ4v) is 5.82. The van der Waals surface area contributed by atoms with Crippen molar-refractivity contribution in [1.82, 2.24) is 20.8 Å². The van der Waals surface area contributed by atoms with Crippen molar-refractivity contribution in [2.75, 3.05) is 13.2 Å². The number of nitrogens with zero attached hydrogens (tertiary/aromatic N) is 2. The van der Waals surface area contributed by atoms with Crippen molar-refractivity contribution in [2.45, 2.75) is 38.1 Å². The largest absolute Gasteiger partial charge is 0.449 e. The van der Waals surface area contributed by atoms with Gasteiger partial charge in [0, 0.05) is 24.9 Å². The maximum absolute atomic E-state index is 12.4. The quantitative estimate of drug-likeness (QED) is 0.244. The first kappa shape index (κ1) is 25.6. The van der Waals surface area contributed by atoms with Crippen LogP contribution in [0.1, 0.15) is 54.3 Å². The van der Waals surface area contributed by atoms with E-state index in [1.165, 1.54) is 40.5 Å². The highest BCUT2D eigenvalue weighted by Gasteiger charge is 2.29. The van der Waals surface area contributed by atoms with Crippen molar-refractivity contribution < 1.29 is 14.3 Å². The Morgan fingerprint density at radius 2 is 1.55 bits per heavy atom. The van der Waals surface area contributed by atoms with Crippen LogP contribution in [-0.4, -0.2) is 35.3 Å². The first-order valence-electron chi connectivity index (χ1n) is 12.8. The molecule has 1 atom stereocenters. The number of carbonyl (C=O) groups excluding carboxylic acids is 2. The third-order valence-corrected chi connectivity index (χ3v) is 7.76. The summed E-state index contributed by atoms with van der Waals surface area (Å²) in [6, 6.07) is 26.2. The number of ether oxygens (including phenoxy) is 1. The molecule has 8 heteroatoms. The first-order valence-corrected chi connectivity index (χ1v) is 13.7. The lowest BCUT2D eigenvalue weighted by atomic mass is 9.98. The summed E-state index contributed by atoms with van der Waals surface area (Å²) in [5.41, 5.74) is 5.80. The Bertz CT molecular complexity index is 1360. The van der Waals surface area contributed by atoms with Crippen LogP contribution in [0.3, 0.4) is 0 Å². The zero-order chi connectivity index (χ0) is 26.3. The van der Waals surface area contributed by atoms with Crippen molar-refractivity contribution in [2.24, 2.45) is 0 Å². The second-order valence-electron chi connectivity index (χ2n) is 9.31. The fraction of sp³-hybridized carbons (Fsp3) is 0.267. The van der Waals surface area contributed by atoms with Gasteiger partial charge in [0.2, 0.25) is 5.91 Å². The summed E-state index contributed by atoms with van der Waals surface area (Å²) in [4.78, 5) is 24.2. The van der Waals surface area contributed by atoms with Crippen molar-refractivity contribution in [3.05, 3.63) is 95.0 Å². The number of fused-ring (bicyclic) bond motifs is 3. The minimum absolute atomic E-state index is 0.0410. The number of aromatic nitrogens is 2. The van der Waals surface area contributed by atoms with Gasteiger partial charge in [-0.15, -0.1) is 10.2 Å². The highest BCUT2D eigenvalue weighted by Crippen LogP contribution is 2.44. The average Bonchev–Trinajstić information content (AvgIpc) is 3.55. The van der Waals surface area contributed by atoms with Gasteiger partial charge in [-0.2, -0.15) is 0 Å². The summed E-state index contributed by atoms with van der Waals surface area (Å²) in [6.45, 7) is 2.30. The molecule has 2 N–H and O–H groups in total. The molecule has 1 aliphatic rings. The Kier molecular flexibility index (Phi) is 8.09. The lowest BCUT2D eigenvalue weighted by Gasteiger charge is -2.16. The van der Waals surface area contributed by atoms with E-state index in [0.717, 1.165) is 28.4 Å². The molecule has 3 aromatic carbocycles. The Labute approximate surface area is 226 Å². The molecule has 1 heterocycles. The highest BCUT2D eigenvalue weighted by atomic mass is 32.1. The van der Waals surface area contributed by atoms with Gasteiger partial charge in [0.05, 0.1) is 6.04 Å². The lowest BCUT2D eigenvalue weighted by Crippen LogP contribution is -2.28. The number of nitrogens with one attached hydrogen (secondary N) is 2. The Morgan fingerprint density at radius 1 is 0.895 bits per heavy atom. The third-order valence-electron chi connectivity index (χ3n) is 6.67. The molecule has 0 saturated heterocycles. The van der Waals surface area contributed by atoms with E-state index in [2.05, 4.69) is 45.1 Å². The average molecular weight is 527 g/mol. The minimum Gasteiger partial charge on any atom is -0.449 e. The van der Waals surface area contributed by atoms with Gasteiger partial charge >= 0.3 is 6.09 Å². The molecule has 0 radical (unpaired) electrons. The summed E-state index contributed by atoms with van der Waals surface area (Å²) in [5.74, 6) is -0.0672. The molecule has 2 amide bonds. The van der Waals surface area contributed by atoms with Crippen LogP contribution < -0.4 is 10.6 Å². The molecule has 1 aromatic heterocycles. The molecule has 4 aromatic rings. The zero-order valence-electron chi connectivity index (χ0n) is 21.2. The van der Waals surface area contributed by atoms with E-state index in [4.69, 9.17) is 4.74 Å². The maximum atomic E-state index is 12.4. The Morgan fingerprint density at radius 3 is 2.24 bits per heavy atom. The normalized spacial score (nSPS) is 12.9. The van der Waals surface area contributed by atoms with Gasteiger partial charge < -0.3 is 15.4 Å². The summed E-state index contributed by atoms with van der Waals surface area (Å²) < 4.78 is 5.61. The summed E-state index contributed by atoms with van der Waals surface area (Å²) in [5, 5.41) is 16.1. The fourth-order valence-electron chi connectivity index (χ4n) is 4.89. The van der Waals surface area contributed by atoms with E-state index in [-0.39, 0.29) is 17.9 Å². The predicted octanol–water partition coefficient (Wildman–Crippen LogP) is 6.09. The monoisotopic (exact) mass is 526 g/mol. The van der Waals surface area contributed by atoms with Gasteiger partial charge in [-0.1, -0.05) is 90.2 Å². The van der Waals surface area contributed by atoms with E-state index in [1.807, 2.05) is 54.6 Å². The standard InChI is InChI=1S/C30H30N4O3S/c1-20(35)32-27(29-34-33-28(38-29)21-11-3-2-4-12-21)17-9-10-18-31-30(36)37-19-26-24-15-7-5-13-22(24)23-14-6-8-16-25(23)26/h2-8,11-16,26-27H,9-10,17-19H2,1H3,(H,31,36)(H,32,35)/t27-/m0/s1. The maximum Gasteiger partial charge on any atom is 0.407 e. The van der Waals surface area contributed by atoms with E-state index >= 15 is 0 Å². The van der Waals surface area contributed by atoms with Gasteiger partial charge in [-0.25, -0.2) is 4.79 Å². The van der Waals surface area contributed by atoms with Crippen LogP contribution in [0.4, 0.5) is 4.79 Å². The van der Waals surface area contributed by atoms with Gasteiger partial charge in [0.15, 0.2) is 0 Å². The molecule has 7 nitrogen and oxygen atoms in total. The second-order valence-corrected chi connectivity index (χ2v) is 10.3. The number of hydrogen-bond acceptors (Lipinski definition) is 6. The number of carbonyl (C=O) groups is 2. The van der Waals surface area contributed by atoms with Crippen molar-refractivity contribution in [3.8, 4) is 21.7 Å². The molecule has 0 aliphatic heterocycles. The first-order chi connectivity index (χ1) is 18.6. The van der Waals surface area contributed by atoms with E-state index < -0.39 is 6.09 Å². The number of amides is 2. The Balaban J connectivity index is 1.09. The van der Waals surface area contributed by atoms with Crippen LogP contribution in [0.15, 0.2) is 78.9 Å². The van der Waals surface area contributed by atoms with Crippen LogP contribution in [0.2, 0.25) is 0 Å². The molecule has 194 valence electrons. The smallest absolute Gasteiger partial charge is 0.407 e. The van der Waals surface area contributed by atoms with Crippen LogP contribution in [0.5, 0.6) is 0 Å². The molecule has 38 heavy (non-hydrogen) atoms. The van der Waals surface area contributed by atoms with Gasteiger partial charge in [-0.05, 0) is 41.5 Å². The highest BCUT2D eigenvalue weighted by molar-refractivity contribution is 7.14. The van der Waals surface area contributed by atoms with Crippen LogP contribution in [-0.2, 0) is 9.53 Å². The van der Waals surface area contributed by atoms with Crippen molar-refractivity contribution in [3.63, 3.8) is 0 Å². The number of rotatable bonds is 10. The van der Waals surface area contributed by atoms with Gasteiger partial charge in [0.1, 0.15) is 16.6 Å². The Hall–Kier alpha value is -4.04. The number of hydrogen-bond donors (Lipinski definition) is 2. The minimum atomic E-state index is -0.415. The molecule has 5 rings (SSSR count). The molecule has 0 spiro atoms. The van der Waals surface area contributed by atoms with Crippen molar-refractivity contribution >= 4 is 23.3 Å². The van der Waals surface area contributed by atoms with E-state index in [1.54, 1.807) is 0 Å².